The Hall–Kier alpha value is -1.54. The number of hydrogen-bond donors (Lipinski definition) is 19. The maximum Gasteiger partial charge on any atom is 0.415 e. The number of carbonyl (C=O) groups excluding carboxylic acids is 1. The van der Waals surface area contributed by atoms with Crippen molar-refractivity contribution in [1.82, 2.24) is 5.32 Å². The van der Waals surface area contributed by atoms with Gasteiger partial charge >= 0.3 is 13.2 Å². The van der Waals surface area contributed by atoms with Crippen LogP contribution < -0.4 is 34.0 Å². The lowest BCUT2D eigenvalue weighted by Gasteiger charge is -2.51. The van der Waals surface area contributed by atoms with Crippen molar-refractivity contribution in [2.45, 2.75) is 191 Å². The first-order valence-electron chi connectivity index (χ1n) is 23.8. The van der Waals surface area contributed by atoms with Crippen molar-refractivity contribution < 1.29 is 137 Å². The van der Waals surface area contributed by atoms with Crippen molar-refractivity contribution in [3.8, 4) is 0 Å². The highest BCUT2D eigenvalue weighted by Crippen LogP contribution is 2.43. The van der Waals surface area contributed by atoms with E-state index in [9.17, 15) is 75.5 Å². The third-order valence-corrected chi connectivity index (χ3v) is 15.0. The second-order valence-corrected chi connectivity index (χ2v) is 20.3. The van der Waals surface area contributed by atoms with E-state index in [4.69, 9.17) is 85.5 Å². The molecule has 22 aliphatic heterocycles. The minimum Gasteiger partial charge on any atom is -0.387 e. The molecular formula is C39H71N6O28P. The Morgan fingerprint density at radius 1 is 0.392 bits per heavy atom. The molecule has 0 aromatic carbocycles. The van der Waals surface area contributed by atoms with Crippen molar-refractivity contribution in [1.29, 1.82) is 0 Å². The van der Waals surface area contributed by atoms with Crippen LogP contribution in [0.3, 0.4) is 0 Å². The van der Waals surface area contributed by atoms with Crippen molar-refractivity contribution in [3.63, 3.8) is 0 Å². The van der Waals surface area contributed by atoms with Gasteiger partial charge in [-0.1, -0.05) is 0 Å². The molecule has 1 amide bonds. The molecule has 0 saturated carbocycles. The highest BCUT2D eigenvalue weighted by atomic mass is 31.2. The van der Waals surface area contributed by atoms with Gasteiger partial charge in [0, 0.05) is 39.3 Å². The van der Waals surface area contributed by atoms with Gasteiger partial charge in [-0.15, -0.1) is 0 Å². The van der Waals surface area contributed by atoms with E-state index in [1.54, 1.807) is 0 Å². The van der Waals surface area contributed by atoms with E-state index in [-0.39, 0.29) is 6.61 Å². The van der Waals surface area contributed by atoms with Gasteiger partial charge in [0.15, 0.2) is 37.7 Å². The maximum absolute atomic E-state index is 12.8. The lowest BCUT2D eigenvalue weighted by molar-refractivity contribution is -0.398. The van der Waals surface area contributed by atoms with Gasteiger partial charge in [-0.2, -0.15) is 0 Å². The molecule has 34 nitrogen and oxygen atoms in total. The lowest BCUT2D eigenvalue weighted by Crippen LogP contribution is -2.69. The van der Waals surface area contributed by atoms with Gasteiger partial charge in [0.25, 0.3) is 0 Å². The summed E-state index contributed by atoms with van der Waals surface area (Å²) in [7, 11) is -4.98. The normalized spacial score (nSPS) is 51.4. The van der Waals surface area contributed by atoms with Crippen LogP contribution in [-0.2, 0) is 65.9 Å². The van der Waals surface area contributed by atoms with Crippen LogP contribution in [0.1, 0.15) is 6.92 Å². The first-order chi connectivity index (χ1) is 35.0. The molecule has 22 heterocycles. The van der Waals surface area contributed by atoms with Crippen LogP contribution in [0.25, 0.3) is 0 Å². The van der Waals surface area contributed by atoms with Gasteiger partial charge in [-0.25, -0.2) is 4.57 Å². The summed E-state index contributed by atoms with van der Waals surface area (Å²) >= 11 is 0. The third-order valence-electron chi connectivity index (χ3n) is 13.8. The molecule has 0 aliphatic carbocycles. The van der Waals surface area contributed by atoms with Crippen molar-refractivity contribution in [2.75, 3.05) is 45.9 Å². The van der Waals surface area contributed by atoms with E-state index < -0.39 is 237 Å². The molecule has 0 radical (unpaired) electrons. The molecule has 0 aromatic heterocycles. The lowest BCUT2D eigenvalue weighted by atomic mass is 9.94. The summed E-state index contributed by atoms with van der Waals surface area (Å²) in [6.45, 7) is -2.38. The van der Waals surface area contributed by atoms with Gasteiger partial charge in [0.1, 0.15) is 146 Å². The second kappa shape index (κ2) is 25.3. The molecule has 74 heavy (non-hydrogen) atoms. The summed E-state index contributed by atoms with van der Waals surface area (Å²) in [5, 5.41) is 139. The van der Waals surface area contributed by atoms with Crippen LogP contribution in [0.4, 0.5) is 4.79 Å². The average molecular weight is 1100 g/mol. The summed E-state index contributed by atoms with van der Waals surface area (Å²) < 4.78 is 87.7. The van der Waals surface area contributed by atoms with Gasteiger partial charge in [-0.3, -0.25) is 4.79 Å². The fourth-order valence-electron chi connectivity index (χ4n) is 9.68. The number of amides is 1. The minimum atomic E-state index is -4.98. The van der Waals surface area contributed by atoms with Gasteiger partial charge in [-0.05, 0) is 6.92 Å². The Balaban J connectivity index is 1.22. The molecule has 24 N–H and O–H groups in total. The SMILES string of the molecule is CCOP(=O)(O)C(=O)NC[C@H]1O[C@@H]2O[C@H]3[C@H](O)[C@@H](O)[C@@H](O[C@H]4[C@H](O)[C@@H](O)[C@@H](O[C@H]5[C@H](O)[C@@H](O)[C@@H](O[C@H]6[C@H](O)[C@@H](O)[C@@H](O[C@H]7[C@H](O)[C@@H](O)[C@@H](O[C@H]1[C@H](O)[C@H]2O)O[C@@H]7CN)O[C@@H]6CN)O[C@@H]5CN)O[C@@H]4CN)O[C@@H]3CN. The molecule has 22 aliphatic rings. The van der Waals surface area contributed by atoms with Crippen LogP contribution in [0, 0.1) is 0 Å². The predicted octanol–water partition coefficient (Wildman–Crippen LogP) is -12.3. The quantitative estimate of drug-likeness (QED) is 0.0903. The van der Waals surface area contributed by atoms with Crippen LogP contribution in [-0.4, -0.2) is 302 Å². The smallest absolute Gasteiger partial charge is 0.387 e. The molecule has 12 bridgehead atoms. The van der Waals surface area contributed by atoms with E-state index in [2.05, 4.69) is 9.84 Å². The van der Waals surface area contributed by atoms with Gasteiger partial charge in [0.05, 0.1) is 6.61 Å². The van der Waals surface area contributed by atoms with Crippen LogP contribution in [0.2, 0.25) is 0 Å². The molecule has 22 saturated heterocycles. The van der Waals surface area contributed by atoms with Crippen molar-refractivity contribution >= 4 is 13.2 Å². The van der Waals surface area contributed by atoms with Gasteiger partial charge < -0.3 is 162 Å². The van der Waals surface area contributed by atoms with Crippen molar-refractivity contribution in [2.24, 2.45) is 28.7 Å². The topological polar surface area (TPSA) is 559 Å². The molecular weight excluding hydrogens is 1030 g/mol. The Morgan fingerprint density at radius 3 is 0.797 bits per heavy atom. The highest BCUT2D eigenvalue weighted by molar-refractivity contribution is 7.70. The van der Waals surface area contributed by atoms with E-state index in [0.717, 1.165) is 0 Å². The summed E-state index contributed by atoms with van der Waals surface area (Å²) in [6, 6.07) is 0. The third kappa shape index (κ3) is 12.1. The average Bonchev–Trinajstić information content (AvgIpc) is 3.38. The Morgan fingerprint density at radius 2 is 0.595 bits per heavy atom. The van der Waals surface area contributed by atoms with Crippen LogP contribution in [0.5, 0.6) is 0 Å². The fraction of sp³-hybridized carbons (Fsp3) is 0.974. The Bertz CT molecular complexity index is 1850. The molecule has 31 atom stereocenters. The molecule has 22 rings (SSSR count). The molecule has 430 valence electrons. The van der Waals surface area contributed by atoms with Crippen molar-refractivity contribution in [3.05, 3.63) is 0 Å². The molecule has 35 heteroatoms. The number of aliphatic hydroxyl groups excluding tert-OH is 12. The number of ether oxygens (including phenoxy) is 12. The number of nitrogens with one attached hydrogen (secondary N) is 1. The molecule has 22 fully saturated rings. The summed E-state index contributed by atoms with van der Waals surface area (Å²) in [5.74, 6) is 0. The number of hydrogen-bond acceptors (Lipinski definition) is 32. The predicted molar refractivity (Wildman–Crippen MR) is 233 cm³/mol. The zero-order valence-corrected chi connectivity index (χ0v) is 40.4. The zero-order valence-electron chi connectivity index (χ0n) is 39.5. The fourth-order valence-corrected chi connectivity index (χ4v) is 10.4. The number of rotatable bonds is 10. The largest absolute Gasteiger partial charge is 0.415 e. The number of carbonyl (C=O) groups is 1. The highest BCUT2D eigenvalue weighted by Gasteiger charge is 2.58. The number of aliphatic hydroxyl groups is 12. The number of nitrogens with two attached hydrogens (primary N) is 5. The van der Waals surface area contributed by atoms with E-state index in [0.29, 0.717) is 0 Å². The summed E-state index contributed by atoms with van der Waals surface area (Å²) in [5.41, 5.74) is 28.4. The van der Waals surface area contributed by atoms with E-state index in [1.807, 2.05) is 0 Å². The van der Waals surface area contributed by atoms with E-state index in [1.165, 1.54) is 6.92 Å². The first-order valence-corrected chi connectivity index (χ1v) is 25.4. The minimum absolute atomic E-state index is 0.371. The summed E-state index contributed by atoms with van der Waals surface area (Å²) in [6.07, 6.45) is -56.0. The molecule has 0 aromatic rings. The monoisotopic (exact) mass is 1100 g/mol. The standard InChI is InChI=1S/C39H71N6O28P/c1-2-61-74(59,60)39(58)45-8-14-32-20(51)26(57)38(67-14)72-31-13(7-44)65-36(24(55)18(31)49)70-29-11(5-42)63-34(22(53)16(29)47)68-27-9(3-40)62-33(21(52)15(27)46)69-28-10(4-41)64-35(23(54)17(28)48)71-30-12(6-43)66-37(73-32)25(56)19(30)50/h9-38,46-57H,2-8,40-44H2,1H3,(H,45,58)(H,59,60)/t9-,10-,11-,12-,13-,14-,15-,16-,17-,18-,19-,20-,21-,22-,23-,24-,25-,26-,27-,28-,29-,30-,31-,32-,33-,34-,35-,36-,37-,38-/m1/s1. The molecule has 1 unspecified atom stereocenters. The maximum atomic E-state index is 12.8. The Kier molecular flexibility index (Phi) is 20.5. The zero-order chi connectivity index (χ0) is 54.2. The van der Waals surface area contributed by atoms with Gasteiger partial charge in [0.2, 0.25) is 0 Å². The second-order valence-electron chi connectivity index (χ2n) is 18.6. The Labute approximate surface area is 420 Å². The summed E-state index contributed by atoms with van der Waals surface area (Å²) in [4.78, 5) is 23.0. The first kappa shape index (κ1) is 60.1. The molecule has 0 spiro atoms. The van der Waals surface area contributed by atoms with Crippen LogP contribution in [0.15, 0.2) is 0 Å². The van der Waals surface area contributed by atoms with Crippen LogP contribution >= 0.6 is 7.60 Å². The van der Waals surface area contributed by atoms with E-state index >= 15 is 0 Å².